The Hall–Kier alpha value is -1.53. The Kier molecular flexibility index (Phi) is 5.38. The number of hydrogen-bond donors (Lipinski definition) is 0. The van der Waals surface area contributed by atoms with Crippen molar-refractivity contribution < 1.29 is 21.8 Å². The Balaban J connectivity index is 0.000000312. The van der Waals surface area contributed by atoms with Gasteiger partial charge in [-0.1, -0.05) is 18.2 Å². The van der Waals surface area contributed by atoms with Crippen LogP contribution in [-0.4, -0.2) is 49.8 Å². The molecule has 7 heteroatoms. The smallest absolute Gasteiger partial charge is 0.418 e. The van der Waals surface area contributed by atoms with Gasteiger partial charge in [-0.3, -0.25) is 9.48 Å². The fourth-order valence-corrected chi connectivity index (χ4v) is 2.08. The molecular weight excluding hydrogens is 259 g/mol. The molecule has 2 rings (SSSR count). The van der Waals surface area contributed by atoms with Gasteiger partial charge in [-0.15, -0.1) is 0 Å². The SMILES string of the molecule is CN1CCC[N+](C)=C1c1ccccc1.F[B-](F)(F)F. The molecule has 0 radical (unpaired) electrons. The van der Waals surface area contributed by atoms with Gasteiger partial charge in [0.25, 0.3) is 5.84 Å². The Morgan fingerprint density at radius 3 is 2.11 bits per heavy atom. The molecule has 0 aliphatic carbocycles. The van der Waals surface area contributed by atoms with Crippen LogP contribution in [0.1, 0.15) is 12.0 Å². The van der Waals surface area contributed by atoms with Crippen LogP contribution in [0.2, 0.25) is 0 Å². The normalized spacial score (nSPS) is 16.0. The fourth-order valence-electron chi connectivity index (χ4n) is 2.08. The zero-order chi connectivity index (χ0) is 14.5. The van der Waals surface area contributed by atoms with Crippen molar-refractivity contribution in [3.8, 4) is 0 Å². The summed E-state index contributed by atoms with van der Waals surface area (Å²) in [6, 6.07) is 10.6. The third kappa shape index (κ3) is 5.76. The summed E-state index contributed by atoms with van der Waals surface area (Å²) in [6.45, 7) is 2.32. The van der Waals surface area contributed by atoms with E-state index in [0.29, 0.717) is 0 Å². The van der Waals surface area contributed by atoms with E-state index in [1.54, 1.807) is 0 Å². The van der Waals surface area contributed by atoms with Crippen LogP contribution in [0.3, 0.4) is 0 Å². The fraction of sp³-hybridized carbons (Fsp3) is 0.417. The minimum absolute atomic E-state index is 1.16. The van der Waals surface area contributed by atoms with Crippen molar-refractivity contribution in [2.45, 2.75) is 6.42 Å². The van der Waals surface area contributed by atoms with Crippen LogP contribution < -0.4 is 0 Å². The van der Waals surface area contributed by atoms with E-state index in [-0.39, 0.29) is 0 Å². The highest BCUT2D eigenvalue weighted by Crippen LogP contribution is 2.08. The molecule has 0 saturated carbocycles. The van der Waals surface area contributed by atoms with E-state index in [2.05, 4.69) is 53.9 Å². The standard InChI is InChI=1S/C12H17N2.BF4/c1-13-9-6-10-14(2)12(13)11-7-4-3-5-8-11;2-1(3,4)5/h3-5,7-8H,6,9-10H2,1-2H3;/q+1;-1. The number of nitrogens with zero attached hydrogens (tertiary/aromatic N) is 2. The maximum atomic E-state index is 9.75. The summed E-state index contributed by atoms with van der Waals surface area (Å²) in [5.74, 6) is 1.34. The molecule has 2 nitrogen and oxygen atoms in total. The summed E-state index contributed by atoms with van der Waals surface area (Å²) < 4.78 is 41.3. The minimum atomic E-state index is -6.00. The lowest BCUT2D eigenvalue weighted by atomic mass is 10.1. The highest BCUT2D eigenvalue weighted by molar-refractivity contribution is 6.50. The second kappa shape index (κ2) is 6.59. The van der Waals surface area contributed by atoms with Crippen LogP contribution in [0.5, 0.6) is 0 Å². The van der Waals surface area contributed by atoms with Crippen molar-refractivity contribution in [2.24, 2.45) is 0 Å². The molecule has 1 aliphatic heterocycles. The number of benzene rings is 1. The Labute approximate surface area is 110 Å². The summed E-state index contributed by atoms with van der Waals surface area (Å²) in [7, 11) is -1.67. The van der Waals surface area contributed by atoms with Crippen LogP contribution in [-0.2, 0) is 0 Å². The summed E-state index contributed by atoms with van der Waals surface area (Å²) in [5, 5.41) is 0. The maximum absolute atomic E-state index is 9.75. The van der Waals surface area contributed by atoms with E-state index in [9.17, 15) is 17.3 Å². The lowest BCUT2D eigenvalue weighted by Crippen LogP contribution is -2.41. The first-order valence-electron chi connectivity index (χ1n) is 6.01. The van der Waals surface area contributed by atoms with Crippen LogP contribution in [0.15, 0.2) is 30.3 Å². The average Bonchev–Trinajstić information content (AvgIpc) is 2.28. The maximum Gasteiger partial charge on any atom is 0.673 e. The molecule has 0 spiro atoms. The van der Waals surface area contributed by atoms with Crippen molar-refractivity contribution in [3.05, 3.63) is 35.9 Å². The number of rotatable bonds is 1. The molecule has 0 unspecified atom stereocenters. The number of amidine groups is 1. The van der Waals surface area contributed by atoms with Gasteiger partial charge < -0.3 is 17.3 Å². The molecule has 0 saturated heterocycles. The highest BCUT2D eigenvalue weighted by Gasteiger charge is 2.23. The van der Waals surface area contributed by atoms with Gasteiger partial charge in [-0.25, -0.2) is 0 Å². The van der Waals surface area contributed by atoms with Crippen molar-refractivity contribution >= 4 is 13.1 Å². The minimum Gasteiger partial charge on any atom is -0.418 e. The average molecular weight is 276 g/mol. The predicted octanol–water partition coefficient (Wildman–Crippen LogP) is 2.71. The van der Waals surface area contributed by atoms with Gasteiger partial charge in [0, 0.05) is 6.42 Å². The van der Waals surface area contributed by atoms with E-state index in [0.717, 1.165) is 13.1 Å². The van der Waals surface area contributed by atoms with Gasteiger partial charge in [-0.2, -0.15) is 0 Å². The predicted molar refractivity (Wildman–Crippen MR) is 69.0 cm³/mol. The van der Waals surface area contributed by atoms with Gasteiger partial charge in [-0.05, 0) is 12.1 Å². The van der Waals surface area contributed by atoms with Crippen LogP contribution in [0.4, 0.5) is 17.3 Å². The molecule has 1 aromatic carbocycles. The highest BCUT2D eigenvalue weighted by atomic mass is 19.5. The van der Waals surface area contributed by atoms with Crippen LogP contribution in [0, 0.1) is 0 Å². The first kappa shape index (κ1) is 15.5. The molecule has 106 valence electrons. The van der Waals surface area contributed by atoms with Crippen molar-refractivity contribution in [1.29, 1.82) is 0 Å². The van der Waals surface area contributed by atoms with E-state index in [1.165, 1.54) is 17.8 Å². The molecule has 19 heavy (non-hydrogen) atoms. The van der Waals surface area contributed by atoms with Crippen LogP contribution >= 0.6 is 0 Å². The quantitative estimate of drug-likeness (QED) is 0.434. The van der Waals surface area contributed by atoms with Crippen LogP contribution in [0.25, 0.3) is 0 Å². The van der Waals surface area contributed by atoms with Gasteiger partial charge in [0.2, 0.25) is 0 Å². The van der Waals surface area contributed by atoms with Gasteiger partial charge in [0.1, 0.15) is 0 Å². The lowest BCUT2D eigenvalue weighted by molar-refractivity contribution is -0.507. The summed E-state index contributed by atoms with van der Waals surface area (Å²) in [6.07, 6.45) is 1.25. The van der Waals surface area contributed by atoms with E-state index in [1.807, 2.05) is 0 Å². The van der Waals surface area contributed by atoms with Crippen molar-refractivity contribution in [2.75, 3.05) is 27.2 Å². The second-order valence-electron chi connectivity index (χ2n) is 4.38. The van der Waals surface area contributed by atoms with E-state index in [4.69, 9.17) is 0 Å². The van der Waals surface area contributed by atoms with Gasteiger partial charge in [0.15, 0.2) is 0 Å². The molecule has 1 heterocycles. The third-order valence-corrected chi connectivity index (χ3v) is 2.74. The molecule has 0 atom stereocenters. The number of hydrogen-bond acceptors (Lipinski definition) is 1. The monoisotopic (exact) mass is 276 g/mol. The van der Waals surface area contributed by atoms with Gasteiger partial charge in [0.05, 0.1) is 32.7 Å². The molecular formula is C12H17BF4N2. The molecule has 0 N–H and O–H groups in total. The largest absolute Gasteiger partial charge is 0.673 e. The van der Waals surface area contributed by atoms with Gasteiger partial charge >= 0.3 is 7.25 Å². The molecule has 0 fully saturated rings. The molecule has 0 aromatic heterocycles. The zero-order valence-electron chi connectivity index (χ0n) is 11.0. The third-order valence-electron chi connectivity index (χ3n) is 2.74. The van der Waals surface area contributed by atoms with E-state index >= 15 is 0 Å². The summed E-state index contributed by atoms with van der Waals surface area (Å²) >= 11 is 0. The molecule has 0 amide bonds. The summed E-state index contributed by atoms with van der Waals surface area (Å²) in [4.78, 5) is 2.33. The zero-order valence-corrected chi connectivity index (χ0v) is 11.0. The Morgan fingerprint density at radius 2 is 1.63 bits per heavy atom. The second-order valence-corrected chi connectivity index (χ2v) is 4.38. The number of halogens is 4. The molecule has 1 aromatic rings. The lowest BCUT2D eigenvalue weighted by Gasteiger charge is -2.22. The first-order valence-corrected chi connectivity index (χ1v) is 6.01. The Bertz CT molecular complexity index is 425. The van der Waals surface area contributed by atoms with E-state index < -0.39 is 7.25 Å². The Morgan fingerprint density at radius 1 is 1.11 bits per heavy atom. The van der Waals surface area contributed by atoms with Crippen molar-refractivity contribution in [1.82, 2.24) is 4.90 Å². The molecule has 0 bridgehead atoms. The summed E-state index contributed by atoms with van der Waals surface area (Å²) in [5.41, 5.74) is 1.32. The van der Waals surface area contributed by atoms with Crippen molar-refractivity contribution in [3.63, 3.8) is 0 Å². The first-order chi connectivity index (χ1) is 8.79. The topological polar surface area (TPSA) is 6.25 Å². The molecule has 1 aliphatic rings.